The highest BCUT2D eigenvalue weighted by molar-refractivity contribution is 5.82. The summed E-state index contributed by atoms with van der Waals surface area (Å²) in [6.07, 6.45) is 0. The number of amides is 1. The maximum atomic E-state index is 13.0. The molecule has 2 rings (SSSR count). The Bertz CT molecular complexity index is 562. The normalized spacial score (nSPS) is 18.4. The number of ether oxygens (including phenoxy) is 1. The Hall–Kier alpha value is -1.59. The van der Waals surface area contributed by atoms with Crippen molar-refractivity contribution >= 4 is 5.91 Å². The molecule has 0 spiro atoms. The summed E-state index contributed by atoms with van der Waals surface area (Å²) >= 11 is 0. The molecule has 0 bridgehead atoms. The van der Waals surface area contributed by atoms with E-state index in [1.54, 1.807) is 0 Å². The van der Waals surface area contributed by atoms with Crippen LogP contribution in [0.15, 0.2) is 30.3 Å². The molecule has 6 N–H and O–H groups in total. The van der Waals surface area contributed by atoms with Gasteiger partial charge >= 0.3 is 0 Å². The number of aliphatic hydroxyl groups is 2. The minimum Gasteiger partial charge on any atom is -0.394 e. The number of carbonyl (C=O) groups is 1. The van der Waals surface area contributed by atoms with Crippen molar-refractivity contribution in [1.82, 2.24) is 26.2 Å². The van der Waals surface area contributed by atoms with Crippen LogP contribution >= 0.6 is 0 Å². The minimum atomic E-state index is -0.677. The fourth-order valence-electron chi connectivity index (χ4n) is 3.25. The number of benzene rings is 1. The van der Waals surface area contributed by atoms with Crippen LogP contribution in [0, 0.1) is 0 Å². The van der Waals surface area contributed by atoms with E-state index in [9.17, 15) is 15.0 Å². The highest BCUT2D eigenvalue weighted by atomic mass is 16.5. The van der Waals surface area contributed by atoms with Gasteiger partial charge in [-0.3, -0.25) is 9.69 Å². The number of hydrogen-bond donors (Lipinski definition) is 6. The van der Waals surface area contributed by atoms with E-state index in [0.717, 1.165) is 44.8 Å². The Morgan fingerprint density at radius 3 is 2.10 bits per heavy atom. The van der Waals surface area contributed by atoms with Crippen LogP contribution in [-0.4, -0.2) is 105 Å². The topological polar surface area (TPSA) is 118 Å². The van der Waals surface area contributed by atoms with Gasteiger partial charge in [-0.05, 0) is 5.56 Å². The van der Waals surface area contributed by atoms with E-state index in [1.807, 2.05) is 30.3 Å². The van der Waals surface area contributed by atoms with Gasteiger partial charge in [0.2, 0.25) is 5.91 Å². The first-order valence-corrected chi connectivity index (χ1v) is 10.7. The van der Waals surface area contributed by atoms with Crippen LogP contribution < -0.4 is 21.3 Å². The van der Waals surface area contributed by atoms with Crippen molar-refractivity contribution in [3.05, 3.63) is 35.9 Å². The second kappa shape index (κ2) is 15.2. The van der Waals surface area contributed by atoms with Crippen molar-refractivity contribution in [3.8, 4) is 0 Å². The number of carbonyl (C=O) groups excluding carboxylic acids is 1. The molecule has 1 aromatic rings. The van der Waals surface area contributed by atoms with Crippen LogP contribution in [0.4, 0.5) is 0 Å². The van der Waals surface area contributed by atoms with Gasteiger partial charge in [0.15, 0.2) is 0 Å². The van der Waals surface area contributed by atoms with Crippen LogP contribution in [-0.2, 0) is 16.1 Å². The molecule has 1 atom stereocenters. The molecule has 9 nitrogen and oxygen atoms in total. The summed E-state index contributed by atoms with van der Waals surface area (Å²) < 4.78 is 5.90. The molecule has 1 saturated heterocycles. The van der Waals surface area contributed by atoms with Gasteiger partial charge in [-0.2, -0.15) is 0 Å². The lowest BCUT2D eigenvalue weighted by Crippen LogP contribution is -2.56. The first-order chi connectivity index (χ1) is 14.7. The molecule has 1 fully saturated rings. The van der Waals surface area contributed by atoms with Crippen molar-refractivity contribution in [2.24, 2.45) is 0 Å². The Labute approximate surface area is 179 Å². The molecular weight excluding hydrogens is 386 g/mol. The van der Waals surface area contributed by atoms with E-state index in [1.165, 1.54) is 0 Å². The fraction of sp³-hybridized carbons (Fsp3) is 0.667. The zero-order valence-corrected chi connectivity index (χ0v) is 17.7. The number of hydrogen-bond acceptors (Lipinski definition) is 8. The second-order valence-corrected chi connectivity index (χ2v) is 7.37. The molecule has 170 valence electrons. The second-order valence-electron chi connectivity index (χ2n) is 7.37. The van der Waals surface area contributed by atoms with E-state index in [-0.39, 0.29) is 25.7 Å². The Kier molecular flexibility index (Phi) is 12.5. The molecule has 1 heterocycles. The number of nitrogens with zero attached hydrogens (tertiary/aromatic N) is 1. The number of nitrogens with one attached hydrogen (secondary N) is 4. The van der Waals surface area contributed by atoms with Crippen LogP contribution in [0.1, 0.15) is 5.56 Å². The largest absolute Gasteiger partial charge is 0.394 e. The summed E-state index contributed by atoms with van der Waals surface area (Å²) in [6, 6.07) is 8.65. The Morgan fingerprint density at radius 2 is 1.53 bits per heavy atom. The molecule has 1 aliphatic rings. The lowest BCUT2D eigenvalue weighted by molar-refractivity contribution is -0.130. The SMILES string of the molecule is O=C(NC(CO)CO)C(COCc1ccccc1)N1CCNCCNCCNCC1. The maximum Gasteiger partial charge on any atom is 0.240 e. The molecule has 0 aliphatic carbocycles. The maximum absolute atomic E-state index is 13.0. The van der Waals surface area contributed by atoms with Gasteiger partial charge in [0.25, 0.3) is 0 Å². The van der Waals surface area contributed by atoms with Gasteiger partial charge < -0.3 is 36.2 Å². The summed E-state index contributed by atoms with van der Waals surface area (Å²) in [5.41, 5.74) is 1.05. The molecule has 0 aromatic heterocycles. The van der Waals surface area contributed by atoms with E-state index < -0.39 is 12.1 Å². The van der Waals surface area contributed by atoms with E-state index in [0.29, 0.717) is 19.7 Å². The highest BCUT2D eigenvalue weighted by Crippen LogP contribution is 2.06. The smallest absolute Gasteiger partial charge is 0.240 e. The monoisotopic (exact) mass is 423 g/mol. The predicted octanol–water partition coefficient (Wildman–Crippen LogP) is -1.87. The molecular formula is C21H37N5O4. The quantitative estimate of drug-likeness (QED) is 0.273. The molecule has 1 aromatic carbocycles. The zero-order chi connectivity index (χ0) is 21.4. The number of rotatable bonds is 9. The third kappa shape index (κ3) is 9.48. The third-order valence-electron chi connectivity index (χ3n) is 5.03. The van der Waals surface area contributed by atoms with Crippen molar-refractivity contribution in [2.75, 3.05) is 72.2 Å². The average Bonchev–Trinajstić information content (AvgIpc) is 2.76. The molecule has 30 heavy (non-hydrogen) atoms. The molecule has 1 amide bonds. The third-order valence-corrected chi connectivity index (χ3v) is 5.03. The fourth-order valence-corrected chi connectivity index (χ4v) is 3.25. The summed E-state index contributed by atoms with van der Waals surface area (Å²) in [6.45, 7) is 6.47. The van der Waals surface area contributed by atoms with Crippen LogP contribution in [0.2, 0.25) is 0 Å². The van der Waals surface area contributed by atoms with Gasteiger partial charge in [0.05, 0.1) is 32.5 Å². The van der Waals surface area contributed by atoms with Gasteiger partial charge in [0.1, 0.15) is 6.04 Å². The van der Waals surface area contributed by atoms with Gasteiger partial charge in [0, 0.05) is 52.4 Å². The summed E-state index contributed by atoms with van der Waals surface area (Å²) in [5.74, 6) is -0.245. The summed E-state index contributed by atoms with van der Waals surface area (Å²) in [7, 11) is 0. The Morgan fingerprint density at radius 1 is 0.967 bits per heavy atom. The molecule has 0 saturated carbocycles. The van der Waals surface area contributed by atoms with Crippen LogP contribution in [0.25, 0.3) is 0 Å². The van der Waals surface area contributed by atoms with Crippen molar-refractivity contribution < 1.29 is 19.7 Å². The van der Waals surface area contributed by atoms with Gasteiger partial charge in [-0.1, -0.05) is 30.3 Å². The van der Waals surface area contributed by atoms with Gasteiger partial charge in [-0.15, -0.1) is 0 Å². The summed E-state index contributed by atoms with van der Waals surface area (Å²) in [5, 5.41) is 31.6. The van der Waals surface area contributed by atoms with E-state index >= 15 is 0 Å². The molecule has 1 unspecified atom stereocenters. The molecule has 9 heteroatoms. The van der Waals surface area contributed by atoms with E-state index in [4.69, 9.17) is 4.74 Å². The lowest BCUT2D eigenvalue weighted by Gasteiger charge is -2.32. The van der Waals surface area contributed by atoms with Crippen LogP contribution in [0.3, 0.4) is 0 Å². The van der Waals surface area contributed by atoms with Crippen molar-refractivity contribution in [1.29, 1.82) is 0 Å². The van der Waals surface area contributed by atoms with Gasteiger partial charge in [-0.25, -0.2) is 0 Å². The van der Waals surface area contributed by atoms with Crippen molar-refractivity contribution in [2.45, 2.75) is 18.7 Å². The highest BCUT2D eigenvalue weighted by Gasteiger charge is 2.27. The van der Waals surface area contributed by atoms with E-state index in [2.05, 4.69) is 26.2 Å². The standard InChI is InChI=1S/C21H37N5O4/c27-14-19(15-28)25-21(29)20(17-30-16-18-4-2-1-3-5-18)26-12-10-23-8-6-22-7-9-24-11-13-26/h1-5,19-20,22-24,27-28H,6-17H2,(H,25,29). The lowest BCUT2D eigenvalue weighted by atomic mass is 10.2. The van der Waals surface area contributed by atoms with Crippen LogP contribution in [0.5, 0.6) is 0 Å². The van der Waals surface area contributed by atoms with Crippen molar-refractivity contribution in [3.63, 3.8) is 0 Å². The first-order valence-electron chi connectivity index (χ1n) is 10.7. The zero-order valence-electron chi connectivity index (χ0n) is 17.7. The predicted molar refractivity (Wildman–Crippen MR) is 116 cm³/mol. The molecule has 0 radical (unpaired) electrons. The molecule has 1 aliphatic heterocycles. The summed E-state index contributed by atoms with van der Waals surface area (Å²) in [4.78, 5) is 15.1. The minimum absolute atomic E-state index is 0.228. The Balaban J connectivity index is 2.02. The first kappa shape index (κ1) is 24.7. The number of aliphatic hydroxyl groups excluding tert-OH is 2. The average molecular weight is 424 g/mol.